The number of nitrogens with one attached hydrogen (secondary N) is 2. The average molecular weight is 346 g/mol. The standard InChI is InChI=1S/C11H12BrN3O3S/c1-7-2-3-10(9(12)4-7)15-19(17,18)11-8(6-16)5-13-14-11/h2-5,15-16H,6H2,1H3,(H,13,14). The van der Waals surface area contributed by atoms with Crippen molar-refractivity contribution in [3.05, 3.63) is 40.0 Å². The third-order valence-electron chi connectivity index (χ3n) is 2.49. The number of hydrogen-bond acceptors (Lipinski definition) is 4. The molecule has 0 amide bonds. The van der Waals surface area contributed by atoms with Gasteiger partial charge in [0.25, 0.3) is 10.0 Å². The average Bonchev–Trinajstić information content (AvgIpc) is 2.82. The normalized spacial score (nSPS) is 11.5. The minimum Gasteiger partial charge on any atom is -0.392 e. The van der Waals surface area contributed by atoms with E-state index in [0.29, 0.717) is 10.2 Å². The number of aliphatic hydroxyl groups is 1. The van der Waals surface area contributed by atoms with Gasteiger partial charge >= 0.3 is 0 Å². The van der Waals surface area contributed by atoms with Gasteiger partial charge in [0.05, 0.1) is 18.5 Å². The highest BCUT2D eigenvalue weighted by Gasteiger charge is 2.21. The fourth-order valence-electron chi connectivity index (χ4n) is 1.54. The van der Waals surface area contributed by atoms with Crippen LogP contribution in [0, 0.1) is 6.92 Å². The van der Waals surface area contributed by atoms with Crippen molar-refractivity contribution in [2.75, 3.05) is 4.72 Å². The van der Waals surface area contributed by atoms with E-state index in [1.54, 1.807) is 18.2 Å². The number of hydrogen-bond donors (Lipinski definition) is 3. The molecule has 0 bridgehead atoms. The summed E-state index contributed by atoms with van der Waals surface area (Å²) in [7, 11) is -3.81. The van der Waals surface area contributed by atoms with Gasteiger partial charge in [-0.2, -0.15) is 13.5 Å². The lowest BCUT2D eigenvalue weighted by molar-refractivity contribution is 0.278. The first-order valence-corrected chi connectivity index (χ1v) is 7.64. The maximum Gasteiger partial charge on any atom is 0.279 e. The molecule has 0 unspecified atom stereocenters. The lowest BCUT2D eigenvalue weighted by Gasteiger charge is -2.09. The SMILES string of the molecule is Cc1ccc(NS(=O)(=O)c2[nH]ncc2CO)c(Br)c1. The molecule has 0 spiro atoms. The largest absolute Gasteiger partial charge is 0.392 e. The van der Waals surface area contributed by atoms with E-state index in [1.165, 1.54) is 6.20 Å². The smallest absolute Gasteiger partial charge is 0.279 e. The Kier molecular flexibility index (Phi) is 3.93. The summed E-state index contributed by atoms with van der Waals surface area (Å²) in [6.07, 6.45) is 1.28. The lowest BCUT2D eigenvalue weighted by Crippen LogP contribution is -2.15. The van der Waals surface area contributed by atoms with E-state index >= 15 is 0 Å². The van der Waals surface area contributed by atoms with Crippen LogP contribution in [-0.4, -0.2) is 23.7 Å². The van der Waals surface area contributed by atoms with Crippen molar-refractivity contribution in [3.8, 4) is 0 Å². The van der Waals surface area contributed by atoms with Gasteiger partial charge in [0.1, 0.15) is 0 Å². The molecule has 3 N–H and O–H groups in total. The Morgan fingerprint density at radius 2 is 2.21 bits per heavy atom. The quantitative estimate of drug-likeness (QED) is 0.786. The van der Waals surface area contributed by atoms with Crippen LogP contribution in [0.4, 0.5) is 5.69 Å². The summed E-state index contributed by atoms with van der Waals surface area (Å²) in [4.78, 5) is 0. The van der Waals surface area contributed by atoms with E-state index < -0.39 is 16.6 Å². The lowest BCUT2D eigenvalue weighted by atomic mass is 10.2. The Morgan fingerprint density at radius 1 is 1.47 bits per heavy atom. The second-order valence-corrected chi connectivity index (χ2v) is 6.44. The van der Waals surface area contributed by atoms with Crippen molar-refractivity contribution in [3.63, 3.8) is 0 Å². The summed E-state index contributed by atoms with van der Waals surface area (Å²) in [5.41, 5.74) is 1.65. The number of halogens is 1. The van der Waals surface area contributed by atoms with Crippen LogP contribution in [0.1, 0.15) is 11.1 Å². The molecule has 0 radical (unpaired) electrons. The summed E-state index contributed by atoms with van der Waals surface area (Å²) in [6.45, 7) is 1.50. The Balaban J connectivity index is 2.37. The van der Waals surface area contributed by atoms with Crippen molar-refractivity contribution in [1.29, 1.82) is 0 Å². The highest BCUT2D eigenvalue weighted by Crippen LogP contribution is 2.26. The minimum atomic E-state index is -3.81. The van der Waals surface area contributed by atoms with Crippen LogP contribution in [0.15, 0.2) is 33.9 Å². The van der Waals surface area contributed by atoms with Crippen LogP contribution >= 0.6 is 15.9 Å². The van der Waals surface area contributed by atoms with E-state index in [-0.39, 0.29) is 10.6 Å². The number of aryl methyl sites for hydroxylation is 1. The zero-order chi connectivity index (χ0) is 14.0. The van der Waals surface area contributed by atoms with Crippen LogP contribution in [0.3, 0.4) is 0 Å². The van der Waals surface area contributed by atoms with Crippen molar-refractivity contribution in [2.24, 2.45) is 0 Å². The van der Waals surface area contributed by atoms with E-state index in [4.69, 9.17) is 5.11 Å². The van der Waals surface area contributed by atoms with Gasteiger partial charge in [-0.05, 0) is 40.5 Å². The summed E-state index contributed by atoms with van der Waals surface area (Å²) in [5, 5.41) is 14.9. The molecule has 2 rings (SSSR count). The monoisotopic (exact) mass is 345 g/mol. The molecule has 0 atom stereocenters. The molecule has 1 aromatic heterocycles. The number of aromatic nitrogens is 2. The molecule has 0 aliphatic carbocycles. The number of aliphatic hydroxyl groups excluding tert-OH is 1. The Labute approximate surface area is 119 Å². The fourth-order valence-corrected chi connectivity index (χ4v) is 3.47. The summed E-state index contributed by atoms with van der Waals surface area (Å²) in [6, 6.07) is 5.26. The Bertz CT molecular complexity index is 697. The topological polar surface area (TPSA) is 95.1 Å². The molecule has 0 saturated carbocycles. The van der Waals surface area contributed by atoms with Crippen LogP contribution in [-0.2, 0) is 16.6 Å². The Morgan fingerprint density at radius 3 is 2.84 bits per heavy atom. The summed E-state index contributed by atoms with van der Waals surface area (Å²) >= 11 is 3.30. The van der Waals surface area contributed by atoms with E-state index in [1.807, 2.05) is 6.92 Å². The van der Waals surface area contributed by atoms with Gasteiger partial charge in [0, 0.05) is 10.0 Å². The number of rotatable bonds is 4. The maximum absolute atomic E-state index is 12.2. The maximum atomic E-state index is 12.2. The molecule has 6 nitrogen and oxygen atoms in total. The van der Waals surface area contributed by atoms with E-state index in [2.05, 4.69) is 30.8 Å². The zero-order valence-electron chi connectivity index (χ0n) is 10.0. The molecule has 1 heterocycles. The number of H-pyrrole nitrogens is 1. The van der Waals surface area contributed by atoms with Crippen LogP contribution in [0.2, 0.25) is 0 Å². The fraction of sp³-hybridized carbons (Fsp3) is 0.182. The molecule has 0 fully saturated rings. The number of anilines is 1. The third-order valence-corrected chi connectivity index (χ3v) is 4.52. The minimum absolute atomic E-state index is 0.137. The first-order valence-electron chi connectivity index (χ1n) is 5.36. The number of nitrogens with zero attached hydrogens (tertiary/aromatic N) is 1. The van der Waals surface area contributed by atoms with Gasteiger partial charge < -0.3 is 5.11 Å². The molecule has 0 aliphatic rings. The van der Waals surface area contributed by atoms with Gasteiger partial charge in [-0.25, -0.2) is 0 Å². The van der Waals surface area contributed by atoms with Crippen molar-refractivity contribution in [2.45, 2.75) is 18.6 Å². The molecule has 0 saturated heterocycles. The molecule has 19 heavy (non-hydrogen) atoms. The van der Waals surface area contributed by atoms with Gasteiger partial charge in [-0.3, -0.25) is 9.82 Å². The zero-order valence-corrected chi connectivity index (χ0v) is 12.4. The summed E-state index contributed by atoms with van der Waals surface area (Å²) in [5.74, 6) is 0. The van der Waals surface area contributed by atoms with Crippen molar-refractivity contribution >= 4 is 31.6 Å². The van der Waals surface area contributed by atoms with Gasteiger partial charge in [-0.1, -0.05) is 6.07 Å². The van der Waals surface area contributed by atoms with Gasteiger partial charge in [-0.15, -0.1) is 0 Å². The molecule has 2 aromatic rings. The van der Waals surface area contributed by atoms with Crippen molar-refractivity contribution < 1.29 is 13.5 Å². The molecular weight excluding hydrogens is 334 g/mol. The number of aromatic amines is 1. The van der Waals surface area contributed by atoms with Crippen LogP contribution in [0.5, 0.6) is 0 Å². The molecule has 8 heteroatoms. The number of benzene rings is 1. The summed E-state index contributed by atoms with van der Waals surface area (Å²) < 4.78 is 27.4. The number of sulfonamides is 1. The molecule has 102 valence electrons. The van der Waals surface area contributed by atoms with Crippen LogP contribution in [0.25, 0.3) is 0 Å². The van der Waals surface area contributed by atoms with Gasteiger partial charge in [0.2, 0.25) is 0 Å². The van der Waals surface area contributed by atoms with Crippen LogP contribution < -0.4 is 4.72 Å². The molecular formula is C11H12BrN3O3S. The predicted octanol–water partition coefficient (Wildman–Crippen LogP) is 1.77. The second kappa shape index (κ2) is 5.32. The molecule has 1 aromatic carbocycles. The van der Waals surface area contributed by atoms with E-state index in [9.17, 15) is 8.42 Å². The predicted molar refractivity (Wildman–Crippen MR) is 74.2 cm³/mol. The highest BCUT2D eigenvalue weighted by atomic mass is 79.9. The highest BCUT2D eigenvalue weighted by molar-refractivity contribution is 9.10. The first kappa shape index (κ1) is 14.0. The van der Waals surface area contributed by atoms with Gasteiger partial charge in [0.15, 0.2) is 5.03 Å². The Hall–Kier alpha value is -1.38. The van der Waals surface area contributed by atoms with Crippen molar-refractivity contribution in [1.82, 2.24) is 10.2 Å². The third kappa shape index (κ3) is 2.96. The second-order valence-electron chi connectivity index (χ2n) is 3.97. The molecule has 0 aliphatic heterocycles. The first-order chi connectivity index (χ1) is 8.94. The van der Waals surface area contributed by atoms with E-state index in [0.717, 1.165) is 5.56 Å².